The molecule has 1 fully saturated rings. The molecule has 0 radical (unpaired) electrons. The minimum Gasteiger partial charge on any atom is -0.468 e. The van der Waals surface area contributed by atoms with Gasteiger partial charge in [0.15, 0.2) is 0 Å². The van der Waals surface area contributed by atoms with Gasteiger partial charge in [-0.1, -0.05) is 12.1 Å². The van der Waals surface area contributed by atoms with Gasteiger partial charge in [-0.3, -0.25) is 9.69 Å². The summed E-state index contributed by atoms with van der Waals surface area (Å²) in [5, 5.41) is 2.99. The van der Waals surface area contributed by atoms with Crippen molar-refractivity contribution in [3.05, 3.63) is 59.8 Å². The van der Waals surface area contributed by atoms with Gasteiger partial charge in [-0.05, 0) is 29.8 Å². The molecular formula is C18H21FN2O2S. The summed E-state index contributed by atoms with van der Waals surface area (Å²) < 4.78 is 18.5. The van der Waals surface area contributed by atoms with E-state index in [2.05, 4.69) is 10.2 Å². The third kappa shape index (κ3) is 4.61. The van der Waals surface area contributed by atoms with Gasteiger partial charge in [0.1, 0.15) is 11.6 Å². The molecule has 4 nitrogen and oxygen atoms in total. The van der Waals surface area contributed by atoms with Crippen molar-refractivity contribution in [1.82, 2.24) is 10.2 Å². The highest BCUT2D eigenvalue weighted by Gasteiger charge is 2.25. The zero-order chi connectivity index (χ0) is 16.8. The maximum atomic E-state index is 12.9. The number of carbonyl (C=O) groups is 1. The third-order valence-corrected chi connectivity index (χ3v) is 5.07. The molecule has 0 bridgehead atoms. The summed E-state index contributed by atoms with van der Waals surface area (Å²) in [5.41, 5.74) is 0.804. The number of amides is 1. The summed E-state index contributed by atoms with van der Waals surface area (Å²) in [6.45, 7) is 2.49. The zero-order valence-corrected chi connectivity index (χ0v) is 14.2. The average molecular weight is 348 g/mol. The zero-order valence-electron chi connectivity index (χ0n) is 13.4. The molecule has 2 aromatic rings. The Balaban J connectivity index is 1.58. The van der Waals surface area contributed by atoms with Crippen LogP contribution in [0.25, 0.3) is 0 Å². The fourth-order valence-corrected chi connectivity index (χ4v) is 3.77. The maximum absolute atomic E-state index is 12.9. The molecule has 0 unspecified atom stereocenters. The Hall–Kier alpha value is -1.79. The Kier molecular flexibility index (Phi) is 5.93. The van der Waals surface area contributed by atoms with Crippen molar-refractivity contribution in [3.63, 3.8) is 0 Å². The molecule has 24 heavy (non-hydrogen) atoms. The summed E-state index contributed by atoms with van der Waals surface area (Å²) in [5.74, 6) is 2.72. The number of nitrogens with one attached hydrogen (secondary N) is 1. The molecule has 3 rings (SSSR count). The molecule has 128 valence electrons. The predicted octanol–water partition coefficient (Wildman–Crippen LogP) is 2.87. The molecule has 1 aromatic heterocycles. The van der Waals surface area contributed by atoms with Crippen LogP contribution in [-0.2, 0) is 11.2 Å². The monoisotopic (exact) mass is 348 g/mol. The summed E-state index contributed by atoms with van der Waals surface area (Å²) in [4.78, 5) is 14.6. The third-order valence-electron chi connectivity index (χ3n) is 4.13. The van der Waals surface area contributed by atoms with Gasteiger partial charge in [0.05, 0.1) is 18.7 Å². The van der Waals surface area contributed by atoms with Crippen LogP contribution in [0.5, 0.6) is 0 Å². The lowest BCUT2D eigenvalue weighted by molar-refractivity contribution is -0.120. The number of hydrogen-bond acceptors (Lipinski definition) is 4. The van der Waals surface area contributed by atoms with E-state index in [0.29, 0.717) is 6.54 Å². The number of thioether (sulfide) groups is 1. The van der Waals surface area contributed by atoms with Crippen molar-refractivity contribution in [2.75, 3.05) is 31.1 Å². The molecule has 2 heterocycles. The highest BCUT2D eigenvalue weighted by molar-refractivity contribution is 7.99. The lowest BCUT2D eigenvalue weighted by Gasteiger charge is -2.33. The van der Waals surface area contributed by atoms with Crippen LogP contribution in [0.2, 0.25) is 0 Å². The van der Waals surface area contributed by atoms with Crippen LogP contribution >= 0.6 is 11.8 Å². The smallest absolute Gasteiger partial charge is 0.224 e. The molecule has 1 N–H and O–H groups in total. The van der Waals surface area contributed by atoms with E-state index >= 15 is 0 Å². The van der Waals surface area contributed by atoms with Gasteiger partial charge in [0, 0.05) is 31.1 Å². The fraction of sp³-hybridized carbons (Fsp3) is 0.389. The number of rotatable bonds is 6. The van der Waals surface area contributed by atoms with Gasteiger partial charge in [0.2, 0.25) is 5.91 Å². The normalized spacial score (nSPS) is 16.7. The van der Waals surface area contributed by atoms with Gasteiger partial charge in [0.25, 0.3) is 0 Å². The summed E-state index contributed by atoms with van der Waals surface area (Å²) >= 11 is 1.95. The molecule has 1 aromatic carbocycles. The lowest BCUT2D eigenvalue weighted by atomic mass is 10.1. The van der Waals surface area contributed by atoms with Crippen LogP contribution in [0.15, 0.2) is 47.1 Å². The SMILES string of the molecule is O=C(Cc1ccc(F)cc1)NC[C@H](c1ccco1)N1CCSCC1. The standard InChI is InChI=1S/C18H21FN2O2S/c19-15-5-3-14(4-6-15)12-18(22)20-13-16(17-2-1-9-23-17)21-7-10-24-11-8-21/h1-6,9,16H,7-8,10-13H2,(H,20,22)/t16-/m1/s1. The Bertz CT molecular complexity index is 640. The Morgan fingerprint density at radius 1 is 1.25 bits per heavy atom. The second kappa shape index (κ2) is 8.35. The molecule has 1 saturated heterocycles. The topological polar surface area (TPSA) is 45.5 Å². The first-order valence-corrected chi connectivity index (χ1v) is 9.24. The first-order valence-electron chi connectivity index (χ1n) is 8.09. The molecule has 0 aliphatic carbocycles. The van der Waals surface area contributed by atoms with Crippen LogP contribution in [0.4, 0.5) is 4.39 Å². The van der Waals surface area contributed by atoms with E-state index < -0.39 is 0 Å². The van der Waals surface area contributed by atoms with Gasteiger partial charge in [-0.15, -0.1) is 0 Å². The van der Waals surface area contributed by atoms with Crippen LogP contribution in [0.3, 0.4) is 0 Å². The summed E-state index contributed by atoms with van der Waals surface area (Å²) in [7, 11) is 0. The van der Waals surface area contributed by atoms with Crippen molar-refractivity contribution in [2.24, 2.45) is 0 Å². The molecule has 1 aliphatic heterocycles. The maximum Gasteiger partial charge on any atom is 0.224 e. The van der Waals surface area contributed by atoms with Crippen LogP contribution < -0.4 is 5.32 Å². The van der Waals surface area contributed by atoms with E-state index in [1.807, 2.05) is 23.9 Å². The van der Waals surface area contributed by atoms with E-state index in [4.69, 9.17) is 4.42 Å². The molecule has 1 amide bonds. The minimum atomic E-state index is -0.292. The number of hydrogen-bond donors (Lipinski definition) is 1. The van der Waals surface area contributed by atoms with Crippen molar-refractivity contribution >= 4 is 17.7 Å². The van der Waals surface area contributed by atoms with Gasteiger partial charge in [-0.2, -0.15) is 11.8 Å². The quantitative estimate of drug-likeness (QED) is 0.872. The molecule has 0 saturated carbocycles. The number of carbonyl (C=O) groups excluding carboxylic acids is 1. The van der Waals surface area contributed by atoms with E-state index in [1.54, 1.807) is 18.4 Å². The highest BCUT2D eigenvalue weighted by Crippen LogP contribution is 2.24. The van der Waals surface area contributed by atoms with Crippen molar-refractivity contribution < 1.29 is 13.6 Å². The number of halogens is 1. The molecular weight excluding hydrogens is 327 g/mol. The van der Waals surface area contributed by atoms with E-state index in [0.717, 1.165) is 35.9 Å². The van der Waals surface area contributed by atoms with Gasteiger partial charge in [-0.25, -0.2) is 4.39 Å². The molecule has 0 spiro atoms. The molecule has 1 atom stereocenters. The number of nitrogens with zero attached hydrogens (tertiary/aromatic N) is 1. The largest absolute Gasteiger partial charge is 0.468 e. The summed E-state index contributed by atoms with van der Waals surface area (Å²) in [6, 6.07) is 9.92. The second-order valence-corrected chi connectivity index (χ2v) is 7.01. The summed E-state index contributed by atoms with van der Waals surface area (Å²) in [6.07, 6.45) is 1.92. The van der Waals surface area contributed by atoms with Crippen molar-refractivity contribution in [3.8, 4) is 0 Å². The first-order chi connectivity index (χ1) is 11.7. The minimum absolute atomic E-state index is 0.0538. The highest BCUT2D eigenvalue weighted by atomic mass is 32.2. The Morgan fingerprint density at radius 3 is 2.67 bits per heavy atom. The molecule has 1 aliphatic rings. The number of furan rings is 1. The van der Waals surface area contributed by atoms with Gasteiger partial charge >= 0.3 is 0 Å². The first kappa shape index (κ1) is 17.0. The average Bonchev–Trinajstić information content (AvgIpc) is 3.12. The predicted molar refractivity (Wildman–Crippen MR) is 93.5 cm³/mol. The molecule has 6 heteroatoms. The number of benzene rings is 1. The van der Waals surface area contributed by atoms with Crippen LogP contribution in [-0.4, -0.2) is 41.9 Å². The van der Waals surface area contributed by atoms with Crippen molar-refractivity contribution in [2.45, 2.75) is 12.5 Å². The van der Waals surface area contributed by atoms with Gasteiger partial charge < -0.3 is 9.73 Å². The second-order valence-electron chi connectivity index (χ2n) is 5.79. The van der Waals surface area contributed by atoms with E-state index in [9.17, 15) is 9.18 Å². The van der Waals surface area contributed by atoms with Crippen LogP contribution in [0.1, 0.15) is 17.4 Å². The van der Waals surface area contributed by atoms with E-state index in [-0.39, 0.29) is 24.2 Å². The Morgan fingerprint density at radius 2 is 2.00 bits per heavy atom. The van der Waals surface area contributed by atoms with Crippen LogP contribution in [0, 0.1) is 5.82 Å². The lowest BCUT2D eigenvalue weighted by Crippen LogP contribution is -2.42. The Labute approximate surface area is 145 Å². The fourth-order valence-electron chi connectivity index (χ4n) is 2.84. The van der Waals surface area contributed by atoms with Crippen molar-refractivity contribution in [1.29, 1.82) is 0 Å². The van der Waals surface area contributed by atoms with E-state index in [1.165, 1.54) is 12.1 Å².